The number of alkyl halides is 1. The zero-order valence-electron chi connectivity index (χ0n) is 10.8. The lowest BCUT2D eigenvalue weighted by atomic mass is 10.0. The van der Waals surface area contributed by atoms with Gasteiger partial charge in [-0.2, -0.15) is 0 Å². The van der Waals surface area contributed by atoms with Crippen molar-refractivity contribution in [2.75, 3.05) is 11.9 Å². The van der Waals surface area contributed by atoms with E-state index in [1.54, 1.807) is 0 Å². The molecule has 1 aliphatic heterocycles. The van der Waals surface area contributed by atoms with Crippen LogP contribution in [0.25, 0.3) is 0 Å². The molecule has 2 rings (SSSR count). The van der Waals surface area contributed by atoms with E-state index in [0.29, 0.717) is 24.3 Å². The Hall–Kier alpha value is -0.830. The van der Waals surface area contributed by atoms with Crippen molar-refractivity contribution in [1.82, 2.24) is 4.90 Å². The molecule has 0 bridgehead atoms. The van der Waals surface area contributed by atoms with E-state index >= 15 is 0 Å². The van der Waals surface area contributed by atoms with E-state index in [0.717, 1.165) is 24.7 Å². The van der Waals surface area contributed by atoms with Gasteiger partial charge < -0.3 is 4.90 Å². The zero-order chi connectivity index (χ0) is 13.0. The van der Waals surface area contributed by atoms with Crippen LogP contribution in [0.3, 0.4) is 0 Å². The Morgan fingerprint density at radius 3 is 2.78 bits per heavy atom. The monoisotopic (exact) mass is 309 g/mol. The summed E-state index contributed by atoms with van der Waals surface area (Å²) in [5.41, 5.74) is 1.24. The second-order valence-corrected chi connectivity index (χ2v) is 5.71. The maximum Gasteiger partial charge on any atom is 0.223 e. The van der Waals surface area contributed by atoms with Crippen LogP contribution in [0.15, 0.2) is 30.3 Å². The van der Waals surface area contributed by atoms with Crippen molar-refractivity contribution in [3.8, 4) is 0 Å². The second-order valence-electron chi connectivity index (χ2n) is 5.06. The van der Waals surface area contributed by atoms with Gasteiger partial charge in [0.2, 0.25) is 5.91 Å². The molecule has 1 aliphatic rings. The summed E-state index contributed by atoms with van der Waals surface area (Å²) in [5, 5.41) is 0.894. The fourth-order valence-corrected chi connectivity index (χ4v) is 3.58. The summed E-state index contributed by atoms with van der Waals surface area (Å²) in [6.07, 6.45) is 2.60. The average Bonchev–Trinajstić information content (AvgIpc) is 2.78. The van der Waals surface area contributed by atoms with E-state index in [-0.39, 0.29) is 0 Å². The Bertz CT molecular complexity index is 393. The molecule has 18 heavy (non-hydrogen) atoms. The summed E-state index contributed by atoms with van der Waals surface area (Å²) >= 11 is 3.53. The molecule has 2 nitrogen and oxygen atoms in total. The first-order chi connectivity index (χ1) is 8.72. The number of carbonyl (C=O) groups excluding carboxylic acids is 1. The molecule has 1 fully saturated rings. The fraction of sp³-hybridized carbons (Fsp3) is 0.533. The molecule has 1 heterocycles. The van der Waals surface area contributed by atoms with E-state index in [1.165, 1.54) is 5.56 Å². The summed E-state index contributed by atoms with van der Waals surface area (Å²) in [5.74, 6) is 0.915. The van der Waals surface area contributed by atoms with Crippen molar-refractivity contribution in [2.24, 2.45) is 5.92 Å². The van der Waals surface area contributed by atoms with Gasteiger partial charge in [-0.3, -0.25) is 4.79 Å². The summed E-state index contributed by atoms with van der Waals surface area (Å²) in [7, 11) is 0. The predicted octanol–water partition coefficient (Wildman–Crippen LogP) is 3.25. The molecule has 0 aromatic heterocycles. The van der Waals surface area contributed by atoms with E-state index < -0.39 is 0 Å². The molecular weight excluding hydrogens is 290 g/mol. The number of aryl methyl sites for hydroxylation is 1. The van der Waals surface area contributed by atoms with Crippen LogP contribution < -0.4 is 0 Å². The highest BCUT2D eigenvalue weighted by Gasteiger charge is 2.32. The maximum atomic E-state index is 12.2. The summed E-state index contributed by atoms with van der Waals surface area (Å²) in [6.45, 7) is 3.15. The third-order valence-electron chi connectivity index (χ3n) is 3.83. The Labute approximate surface area is 117 Å². The van der Waals surface area contributed by atoms with Crippen molar-refractivity contribution in [3.63, 3.8) is 0 Å². The number of halogens is 1. The van der Waals surface area contributed by atoms with Crippen LogP contribution in [0.1, 0.15) is 25.3 Å². The van der Waals surface area contributed by atoms with Crippen LogP contribution in [0.2, 0.25) is 0 Å². The molecule has 0 aliphatic carbocycles. The van der Waals surface area contributed by atoms with Crippen LogP contribution in [0.4, 0.5) is 0 Å². The minimum absolute atomic E-state index is 0.299. The molecule has 2 unspecified atom stereocenters. The highest BCUT2D eigenvalue weighted by atomic mass is 79.9. The third kappa shape index (κ3) is 3.14. The molecule has 0 spiro atoms. The van der Waals surface area contributed by atoms with E-state index in [4.69, 9.17) is 0 Å². The normalized spacial score (nSPS) is 23.3. The first-order valence-electron chi connectivity index (χ1n) is 6.61. The lowest BCUT2D eigenvalue weighted by molar-refractivity contribution is -0.131. The summed E-state index contributed by atoms with van der Waals surface area (Å²) in [6, 6.07) is 10.6. The fourth-order valence-electron chi connectivity index (χ4n) is 2.59. The lowest BCUT2D eigenvalue weighted by Gasteiger charge is -2.25. The van der Waals surface area contributed by atoms with Gasteiger partial charge >= 0.3 is 0 Å². The van der Waals surface area contributed by atoms with Crippen LogP contribution in [0, 0.1) is 5.92 Å². The van der Waals surface area contributed by atoms with Crippen LogP contribution in [0.5, 0.6) is 0 Å². The number of hydrogen-bond acceptors (Lipinski definition) is 1. The molecule has 0 N–H and O–H groups in total. The van der Waals surface area contributed by atoms with Crippen molar-refractivity contribution >= 4 is 21.8 Å². The topological polar surface area (TPSA) is 20.3 Å². The quantitative estimate of drug-likeness (QED) is 0.782. The van der Waals surface area contributed by atoms with Gasteiger partial charge in [-0.15, -0.1) is 0 Å². The highest BCUT2D eigenvalue weighted by Crippen LogP contribution is 2.26. The first-order valence-corrected chi connectivity index (χ1v) is 7.74. The number of rotatable bonds is 4. The molecule has 1 saturated heterocycles. The summed E-state index contributed by atoms with van der Waals surface area (Å²) in [4.78, 5) is 14.3. The van der Waals surface area contributed by atoms with Gasteiger partial charge in [0.25, 0.3) is 0 Å². The van der Waals surface area contributed by atoms with E-state index in [1.807, 2.05) is 18.2 Å². The predicted molar refractivity (Wildman–Crippen MR) is 77.8 cm³/mol. The standard InChI is InChI=1S/C15H20BrNO/c1-12-9-10-17(14(12)11-16)15(18)8-7-13-5-3-2-4-6-13/h2-6,12,14H,7-11H2,1H3. The number of likely N-dealkylation sites (tertiary alicyclic amines) is 1. The van der Waals surface area contributed by atoms with Crippen LogP contribution in [-0.2, 0) is 11.2 Å². The van der Waals surface area contributed by atoms with Gasteiger partial charge in [0.05, 0.1) is 0 Å². The van der Waals surface area contributed by atoms with Gasteiger partial charge in [-0.1, -0.05) is 53.2 Å². The number of nitrogens with zero attached hydrogens (tertiary/aromatic N) is 1. The smallest absolute Gasteiger partial charge is 0.223 e. The first kappa shape index (κ1) is 13.6. The lowest BCUT2D eigenvalue weighted by Crippen LogP contribution is -2.38. The number of benzene rings is 1. The number of carbonyl (C=O) groups is 1. The Morgan fingerprint density at radius 2 is 2.11 bits per heavy atom. The van der Waals surface area contributed by atoms with Crippen molar-refractivity contribution in [2.45, 2.75) is 32.2 Å². The minimum Gasteiger partial charge on any atom is -0.339 e. The Kier molecular flexibility index (Phi) is 4.81. The maximum absolute atomic E-state index is 12.2. The van der Waals surface area contributed by atoms with E-state index in [9.17, 15) is 4.79 Å². The van der Waals surface area contributed by atoms with Crippen LogP contribution >= 0.6 is 15.9 Å². The molecule has 1 aromatic rings. The highest BCUT2D eigenvalue weighted by molar-refractivity contribution is 9.09. The molecule has 2 atom stereocenters. The zero-order valence-corrected chi connectivity index (χ0v) is 12.4. The molecule has 98 valence electrons. The van der Waals surface area contributed by atoms with Gasteiger partial charge in [0, 0.05) is 24.3 Å². The van der Waals surface area contributed by atoms with Crippen molar-refractivity contribution in [3.05, 3.63) is 35.9 Å². The molecule has 0 saturated carbocycles. The largest absolute Gasteiger partial charge is 0.339 e. The Balaban J connectivity index is 1.88. The number of hydrogen-bond donors (Lipinski definition) is 0. The van der Waals surface area contributed by atoms with Gasteiger partial charge in [-0.25, -0.2) is 0 Å². The Morgan fingerprint density at radius 1 is 1.39 bits per heavy atom. The van der Waals surface area contributed by atoms with Gasteiger partial charge in [0.15, 0.2) is 0 Å². The number of amides is 1. The minimum atomic E-state index is 0.299. The van der Waals surface area contributed by atoms with Gasteiger partial charge in [-0.05, 0) is 24.3 Å². The molecule has 1 amide bonds. The van der Waals surface area contributed by atoms with Crippen LogP contribution in [-0.4, -0.2) is 28.7 Å². The molecule has 1 aromatic carbocycles. The van der Waals surface area contributed by atoms with Gasteiger partial charge in [0.1, 0.15) is 0 Å². The molecule has 3 heteroatoms. The SMILES string of the molecule is CC1CCN(C(=O)CCc2ccccc2)C1CBr. The third-order valence-corrected chi connectivity index (χ3v) is 4.49. The summed E-state index contributed by atoms with van der Waals surface area (Å²) < 4.78 is 0. The second kappa shape index (κ2) is 6.37. The molecular formula is C15H20BrNO. The van der Waals surface area contributed by atoms with E-state index in [2.05, 4.69) is 39.9 Å². The van der Waals surface area contributed by atoms with Crippen molar-refractivity contribution < 1.29 is 4.79 Å². The molecule has 0 radical (unpaired) electrons. The van der Waals surface area contributed by atoms with Crippen molar-refractivity contribution in [1.29, 1.82) is 0 Å². The average molecular weight is 310 g/mol.